The van der Waals surface area contributed by atoms with Crippen molar-refractivity contribution in [3.63, 3.8) is 0 Å². The average molecular weight is 287 g/mol. The van der Waals surface area contributed by atoms with E-state index in [1.807, 2.05) is 4.90 Å². The predicted molar refractivity (Wildman–Crippen MR) is 69.6 cm³/mol. The highest BCUT2D eigenvalue weighted by atomic mass is 32.2. The number of hydrogen-bond acceptors (Lipinski definition) is 6. The summed E-state index contributed by atoms with van der Waals surface area (Å²) >= 11 is 1.54. The van der Waals surface area contributed by atoms with Crippen LogP contribution in [0.4, 0.5) is 4.79 Å². The molecular weight excluding hydrogens is 270 g/mol. The molecular formula is C11H17N3O4S. The first-order valence-electron chi connectivity index (χ1n) is 6.12. The monoisotopic (exact) mass is 287 g/mol. The summed E-state index contributed by atoms with van der Waals surface area (Å²) < 4.78 is 4.72. The van der Waals surface area contributed by atoms with Crippen molar-refractivity contribution in [2.45, 2.75) is 11.7 Å². The average Bonchev–Trinajstić information content (AvgIpc) is 2.42. The molecule has 2 aliphatic heterocycles. The highest BCUT2D eigenvalue weighted by Gasteiger charge is 2.32. The van der Waals surface area contributed by atoms with Crippen LogP contribution in [0, 0.1) is 0 Å². The summed E-state index contributed by atoms with van der Waals surface area (Å²) in [4.78, 5) is 37.9. The van der Waals surface area contributed by atoms with E-state index >= 15 is 0 Å². The number of nitrogens with zero attached hydrogens (tertiary/aromatic N) is 2. The summed E-state index contributed by atoms with van der Waals surface area (Å²) in [7, 11) is 1.36. The molecule has 0 radical (unpaired) electrons. The van der Waals surface area contributed by atoms with E-state index in [1.165, 1.54) is 12.0 Å². The van der Waals surface area contributed by atoms with Gasteiger partial charge in [-0.25, -0.2) is 4.79 Å². The molecule has 0 unspecified atom stereocenters. The lowest BCUT2D eigenvalue weighted by Gasteiger charge is -2.35. The van der Waals surface area contributed by atoms with E-state index in [0.29, 0.717) is 19.5 Å². The Bertz CT molecular complexity index is 374. The Morgan fingerprint density at radius 3 is 3.00 bits per heavy atom. The molecule has 3 amide bonds. The van der Waals surface area contributed by atoms with Crippen molar-refractivity contribution in [1.29, 1.82) is 0 Å². The van der Waals surface area contributed by atoms with Gasteiger partial charge in [-0.2, -0.15) is 0 Å². The van der Waals surface area contributed by atoms with Gasteiger partial charge in [0, 0.05) is 31.8 Å². The minimum Gasteiger partial charge on any atom is -0.468 e. The number of hydrogen-bond donors (Lipinski definition) is 1. The third-order valence-corrected chi connectivity index (χ3v) is 4.28. The second-order valence-corrected chi connectivity index (χ2v) is 5.72. The number of carbonyl (C=O) groups is 3. The number of urea groups is 1. The largest absolute Gasteiger partial charge is 0.468 e. The maximum Gasteiger partial charge on any atom is 0.325 e. The van der Waals surface area contributed by atoms with E-state index in [0.717, 1.165) is 12.3 Å². The van der Waals surface area contributed by atoms with E-state index in [9.17, 15) is 14.4 Å². The van der Waals surface area contributed by atoms with Gasteiger partial charge in [0.2, 0.25) is 5.91 Å². The maximum atomic E-state index is 11.7. The first-order chi connectivity index (χ1) is 9.11. The van der Waals surface area contributed by atoms with E-state index < -0.39 is 0 Å². The standard InChI is InChI=1S/C11H17N3O4S/c1-18-10(16)8-6-13(4-5-19-8)7-14-9(15)2-3-12-11(14)17/h8H,2-7H2,1H3,(H,12,17)/t8-/m1/s1. The van der Waals surface area contributed by atoms with Crippen LogP contribution < -0.4 is 5.32 Å². The van der Waals surface area contributed by atoms with Gasteiger partial charge >= 0.3 is 12.0 Å². The number of amides is 3. The number of nitrogens with one attached hydrogen (secondary N) is 1. The van der Waals surface area contributed by atoms with Crippen molar-refractivity contribution in [3.8, 4) is 0 Å². The Hall–Kier alpha value is -1.28. The smallest absolute Gasteiger partial charge is 0.325 e. The lowest BCUT2D eigenvalue weighted by Crippen LogP contribution is -2.55. The summed E-state index contributed by atoms with van der Waals surface area (Å²) in [5, 5.41) is 2.39. The molecule has 1 N–H and O–H groups in total. The summed E-state index contributed by atoms with van der Waals surface area (Å²) in [5.41, 5.74) is 0. The molecule has 0 aromatic rings. The molecule has 8 heteroatoms. The molecule has 106 valence electrons. The Labute approximate surface area is 115 Å². The zero-order valence-corrected chi connectivity index (χ0v) is 11.6. The Morgan fingerprint density at radius 2 is 2.32 bits per heavy atom. The molecule has 2 saturated heterocycles. The molecule has 0 aromatic heterocycles. The zero-order valence-electron chi connectivity index (χ0n) is 10.8. The molecule has 2 aliphatic rings. The third-order valence-electron chi connectivity index (χ3n) is 3.12. The van der Waals surface area contributed by atoms with Gasteiger partial charge in [0.1, 0.15) is 5.25 Å². The van der Waals surface area contributed by atoms with E-state index in [2.05, 4.69) is 5.32 Å². The van der Waals surface area contributed by atoms with Gasteiger partial charge in [0.05, 0.1) is 13.8 Å². The van der Waals surface area contributed by atoms with Crippen LogP contribution in [0.15, 0.2) is 0 Å². The Morgan fingerprint density at radius 1 is 1.53 bits per heavy atom. The molecule has 2 rings (SSSR count). The van der Waals surface area contributed by atoms with Gasteiger partial charge in [0.25, 0.3) is 0 Å². The van der Waals surface area contributed by atoms with Gasteiger partial charge in [-0.05, 0) is 0 Å². The second kappa shape index (κ2) is 6.25. The van der Waals surface area contributed by atoms with Crippen LogP contribution in [-0.4, -0.2) is 72.1 Å². The number of methoxy groups -OCH3 is 1. The number of ether oxygens (including phenoxy) is 1. The first kappa shape index (κ1) is 14.1. The van der Waals surface area contributed by atoms with Gasteiger partial charge in [-0.1, -0.05) is 0 Å². The van der Waals surface area contributed by atoms with E-state index in [1.54, 1.807) is 11.8 Å². The van der Waals surface area contributed by atoms with Crippen molar-refractivity contribution in [1.82, 2.24) is 15.1 Å². The number of carbonyl (C=O) groups excluding carboxylic acids is 3. The van der Waals surface area contributed by atoms with Crippen LogP contribution in [0.1, 0.15) is 6.42 Å². The van der Waals surface area contributed by atoms with Crippen LogP contribution >= 0.6 is 11.8 Å². The zero-order chi connectivity index (χ0) is 13.8. The molecule has 0 saturated carbocycles. The van der Waals surface area contributed by atoms with Crippen LogP contribution in [0.2, 0.25) is 0 Å². The highest BCUT2D eigenvalue weighted by Crippen LogP contribution is 2.20. The number of thioether (sulfide) groups is 1. The number of esters is 1. The lowest BCUT2D eigenvalue weighted by molar-refractivity contribution is -0.140. The minimum atomic E-state index is -0.357. The molecule has 0 spiro atoms. The van der Waals surface area contributed by atoms with Crippen LogP contribution in [0.25, 0.3) is 0 Å². The highest BCUT2D eigenvalue weighted by molar-refractivity contribution is 8.00. The molecule has 2 fully saturated rings. The fraction of sp³-hybridized carbons (Fsp3) is 0.727. The topological polar surface area (TPSA) is 79.0 Å². The first-order valence-corrected chi connectivity index (χ1v) is 7.16. The third kappa shape index (κ3) is 3.38. The maximum absolute atomic E-state index is 11.7. The van der Waals surface area contributed by atoms with Crippen LogP contribution in [0.5, 0.6) is 0 Å². The fourth-order valence-corrected chi connectivity index (χ4v) is 3.26. The molecule has 0 aromatic carbocycles. The summed E-state index contributed by atoms with van der Waals surface area (Å²) in [6.07, 6.45) is 0.328. The van der Waals surface area contributed by atoms with Gasteiger partial charge < -0.3 is 10.1 Å². The summed E-state index contributed by atoms with van der Waals surface area (Å²) in [6.45, 7) is 1.87. The van der Waals surface area contributed by atoms with Crippen molar-refractivity contribution in [2.24, 2.45) is 0 Å². The quantitative estimate of drug-likeness (QED) is 0.704. The van der Waals surface area contributed by atoms with Crippen molar-refractivity contribution in [2.75, 3.05) is 39.2 Å². The van der Waals surface area contributed by atoms with Crippen LogP contribution in [-0.2, 0) is 14.3 Å². The molecule has 2 heterocycles. The number of rotatable bonds is 3. The fourth-order valence-electron chi connectivity index (χ4n) is 2.07. The van der Waals surface area contributed by atoms with E-state index in [4.69, 9.17) is 4.74 Å². The second-order valence-electron chi connectivity index (χ2n) is 4.40. The van der Waals surface area contributed by atoms with Gasteiger partial charge in [0.15, 0.2) is 0 Å². The molecule has 0 aliphatic carbocycles. The minimum absolute atomic E-state index is 0.170. The van der Waals surface area contributed by atoms with Gasteiger partial charge in [-0.15, -0.1) is 11.8 Å². The van der Waals surface area contributed by atoms with Gasteiger partial charge in [-0.3, -0.25) is 19.4 Å². The van der Waals surface area contributed by atoms with Crippen molar-refractivity contribution in [3.05, 3.63) is 0 Å². The van der Waals surface area contributed by atoms with Crippen molar-refractivity contribution >= 4 is 29.7 Å². The lowest BCUT2D eigenvalue weighted by atomic mass is 10.3. The normalized spacial score (nSPS) is 25.1. The van der Waals surface area contributed by atoms with E-state index in [-0.39, 0.29) is 29.8 Å². The Kier molecular flexibility index (Phi) is 4.65. The molecule has 1 atom stereocenters. The summed E-state index contributed by atoms with van der Waals surface area (Å²) in [5.74, 6) is 0.351. The molecule has 7 nitrogen and oxygen atoms in total. The van der Waals surface area contributed by atoms with Crippen molar-refractivity contribution < 1.29 is 19.1 Å². The molecule has 0 bridgehead atoms. The SMILES string of the molecule is COC(=O)[C@H]1CN(CN2C(=O)CCNC2=O)CCS1. The predicted octanol–water partition coefficient (Wildman–Crippen LogP) is -0.524. The molecule has 19 heavy (non-hydrogen) atoms. The van der Waals surface area contributed by atoms with Crippen LogP contribution in [0.3, 0.4) is 0 Å². The summed E-state index contributed by atoms with van der Waals surface area (Å²) in [6, 6.07) is -0.357. The number of imide groups is 1. The Balaban J connectivity index is 1.93.